The Hall–Kier alpha value is -3.16. The molecule has 0 aliphatic rings. The first-order valence-corrected chi connectivity index (χ1v) is 10.2. The molecule has 0 saturated heterocycles. The standard InChI is InChI=1S/C18H14BrN5O3S/c1-12-2-8-16(9-3-12)28(26,27)23-18(25)22-17-13(10-20)11-21-24(17)15-6-4-14(19)5-7-15/h2-9,11H,1H3,(H2,22,23,25). The smallest absolute Gasteiger partial charge is 0.290 e. The third-order valence-electron chi connectivity index (χ3n) is 3.75. The van der Waals surface area contributed by atoms with Gasteiger partial charge in [-0.05, 0) is 43.3 Å². The lowest BCUT2D eigenvalue weighted by Crippen LogP contribution is -2.35. The number of aromatic nitrogens is 2. The van der Waals surface area contributed by atoms with Crippen LogP contribution in [0.4, 0.5) is 10.6 Å². The highest BCUT2D eigenvalue weighted by Crippen LogP contribution is 2.21. The van der Waals surface area contributed by atoms with Crippen molar-refractivity contribution in [3.8, 4) is 11.8 Å². The van der Waals surface area contributed by atoms with E-state index in [1.54, 1.807) is 36.4 Å². The van der Waals surface area contributed by atoms with E-state index in [0.29, 0.717) is 5.69 Å². The van der Waals surface area contributed by atoms with Crippen LogP contribution in [0, 0.1) is 18.3 Å². The molecule has 3 aromatic rings. The number of aryl methyl sites for hydroxylation is 1. The summed E-state index contributed by atoms with van der Waals surface area (Å²) in [4.78, 5) is 12.3. The summed E-state index contributed by atoms with van der Waals surface area (Å²) in [6, 6.07) is 14.0. The number of carbonyl (C=O) groups is 1. The Bertz CT molecular complexity index is 1160. The summed E-state index contributed by atoms with van der Waals surface area (Å²) >= 11 is 3.33. The van der Waals surface area contributed by atoms with Gasteiger partial charge in [0.05, 0.1) is 16.8 Å². The quantitative estimate of drug-likeness (QED) is 0.620. The van der Waals surface area contributed by atoms with Gasteiger partial charge in [-0.15, -0.1) is 0 Å². The zero-order valence-electron chi connectivity index (χ0n) is 14.5. The van der Waals surface area contributed by atoms with Crippen molar-refractivity contribution in [3.05, 3.63) is 70.3 Å². The molecule has 0 radical (unpaired) electrons. The molecule has 0 unspecified atom stereocenters. The molecule has 0 bridgehead atoms. The molecule has 2 N–H and O–H groups in total. The van der Waals surface area contributed by atoms with Gasteiger partial charge in [0, 0.05) is 4.47 Å². The average molecular weight is 460 g/mol. The Balaban J connectivity index is 1.86. The van der Waals surface area contributed by atoms with Crippen LogP contribution in [0.15, 0.2) is 64.1 Å². The van der Waals surface area contributed by atoms with Gasteiger partial charge in [0.1, 0.15) is 11.6 Å². The minimum absolute atomic E-state index is 0.0461. The number of nitrogens with one attached hydrogen (secondary N) is 2. The number of anilines is 1. The van der Waals surface area contributed by atoms with E-state index in [2.05, 4.69) is 26.3 Å². The molecule has 0 saturated carbocycles. The van der Waals surface area contributed by atoms with Gasteiger partial charge in [-0.25, -0.2) is 22.6 Å². The highest BCUT2D eigenvalue weighted by atomic mass is 79.9. The molecule has 1 aromatic heterocycles. The van der Waals surface area contributed by atoms with E-state index in [4.69, 9.17) is 0 Å². The molecule has 8 nitrogen and oxygen atoms in total. The highest BCUT2D eigenvalue weighted by molar-refractivity contribution is 9.10. The molecule has 2 aromatic carbocycles. The fourth-order valence-corrected chi connectivity index (χ4v) is 3.53. The molecular formula is C18H14BrN5O3S. The number of benzene rings is 2. The van der Waals surface area contributed by atoms with Crippen LogP contribution in [0.25, 0.3) is 5.69 Å². The summed E-state index contributed by atoms with van der Waals surface area (Å²) in [5.41, 5.74) is 1.56. The normalized spacial score (nSPS) is 10.9. The van der Waals surface area contributed by atoms with Crippen LogP contribution in [-0.4, -0.2) is 24.2 Å². The summed E-state index contributed by atoms with van der Waals surface area (Å²) in [7, 11) is -4.06. The average Bonchev–Trinajstić information content (AvgIpc) is 3.04. The number of hydrogen-bond acceptors (Lipinski definition) is 5. The Morgan fingerprint density at radius 2 is 1.79 bits per heavy atom. The number of urea groups is 1. The molecule has 0 atom stereocenters. The third kappa shape index (κ3) is 4.21. The first-order chi connectivity index (χ1) is 13.3. The summed E-state index contributed by atoms with van der Waals surface area (Å²) in [5, 5.41) is 15.8. The number of nitriles is 1. The van der Waals surface area contributed by atoms with Crippen LogP contribution < -0.4 is 10.0 Å². The molecule has 0 spiro atoms. The zero-order valence-corrected chi connectivity index (χ0v) is 17.0. The Morgan fingerprint density at radius 3 is 2.39 bits per heavy atom. The number of rotatable bonds is 4. The lowest BCUT2D eigenvalue weighted by atomic mass is 10.2. The summed E-state index contributed by atoms with van der Waals surface area (Å²) < 4.78 is 28.8. The molecule has 1 heterocycles. The molecule has 2 amide bonds. The molecule has 0 aliphatic heterocycles. The SMILES string of the molecule is Cc1ccc(S(=O)(=O)NC(=O)Nc2c(C#N)cnn2-c2ccc(Br)cc2)cc1. The van der Waals surface area contributed by atoms with Gasteiger partial charge < -0.3 is 0 Å². The summed E-state index contributed by atoms with van der Waals surface area (Å²) in [6.07, 6.45) is 1.28. The summed E-state index contributed by atoms with van der Waals surface area (Å²) in [5.74, 6) is 0.0569. The zero-order chi connectivity index (χ0) is 20.3. The molecule has 0 fully saturated rings. The Kier molecular flexibility index (Phi) is 5.48. The van der Waals surface area contributed by atoms with Crippen molar-refractivity contribution < 1.29 is 13.2 Å². The fraction of sp³-hybridized carbons (Fsp3) is 0.0556. The van der Waals surface area contributed by atoms with Gasteiger partial charge in [0.2, 0.25) is 0 Å². The lowest BCUT2D eigenvalue weighted by molar-refractivity contribution is 0.256. The van der Waals surface area contributed by atoms with Crippen molar-refractivity contribution in [2.24, 2.45) is 0 Å². The second-order valence-corrected chi connectivity index (χ2v) is 8.38. The van der Waals surface area contributed by atoms with Crippen LogP contribution in [0.1, 0.15) is 11.1 Å². The predicted octanol–water partition coefficient (Wildman–Crippen LogP) is 3.33. The Labute approximate surface area is 170 Å². The Morgan fingerprint density at radius 1 is 1.14 bits per heavy atom. The minimum atomic E-state index is -4.06. The van der Waals surface area contributed by atoms with E-state index >= 15 is 0 Å². The number of nitrogens with zero attached hydrogens (tertiary/aromatic N) is 3. The number of hydrogen-bond donors (Lipinski definition) is 2. The predicted molar refractivity (Wildman–Crippen MR) is 106 cm³/mol. The largest absolute Gasteiger partial charge is 0.334 e. The van der Waals surface area contributed by atoms with Gasteiger partial charge in [0.25, 0.3) is 10.0 Å². The first-order valence-electron chi connectivity index (χ1n) is 7.95. The number of amides is 2. The topological polar surface area (TPSA) is 117 Å². The van der Waals surface area contributed by atoms with Crippen molar-refractivity contribution in [3.63, 3.8) is 0 Å². The van der Waals surface area contributed by atoms with Crippen molar-refractivity contribution in [2.45, 2.75) is 11.8 Å². The number of halogens is 1. The maximum absolute atomic E-state index is 12.4. The van der Waals surface area contributed by atoms with E-state index < -0.39 is 16.1 Å². The van der Waals surface area contributed by atoms with E-state index in [1.807, 2.05) is 17.7 Å². The molecule has 0 aliphatic carbocycles. The maximum Gasteiger partial charge on any atom is 0.334 e. The second kappa shape index (κ2) is 7.84. The van der Waals surface area contributed by atoms with Crippen LogP contribution in [0.5, 0.6) is 0 Å². The third-order valence-corrected chi connectivity index (χ3v) is 5.63. The van der Waals surface area contributed by atoms with Gasteiger partial charge in [0.15, 0.2) is 5.82 Å². The van der Waals surface area contributed by atoms with Crippen molar-refractivity contribution >= 4 is 37.8 Å². The van der Waals surface area contributed by atoms with Crippen molar-refractivity contribution in [1.82, 2.24) is 14.5 Å². The molecule has 142 valence electrons. The lowest BCUT2D eigenvalue weighted by Gasteiger charge is -2.11. The van der Waals surface area contributed by atoms with Gasteiger partial charge in [-0.3, -0.25) is 5.32 Å². The summed E-state index contributed by atoms with van der Waals surface area (Å²) in [6.45, 7) is 1.82. The number of carbonyl (C=O) groups excluding carboxylic acids is 1. The first kappa shape index (κ1) is 19.6. The van der Waals surface area contributed by atoms with Gasteiger partial charge in [-0.1, -0.05) is 33.6 Å². The minimum Gasteiger partial charge on any atom is -0.290 e. The van der Waals surface area contributed by atoms with Crippen LogP contribution in [0.3, 0.4) is 0 Å². The van der Waals surface area contributed by atoms with E-state index in [0.717, 1.165) is 10.0 Å². The molecule has 10 heteroatoms. The highest BCUT2D eigenvalue weighted by Gasteiger charge is 2.20. The van der Waals surface area contributed by atoms with Gasteiger partial charge in [-0.2, -0.15) is 10.4 Å². The number of sulfonamides is 1. The van der Waals surface area contributed by atoms with E-state index in [-0.39, 0.29) is 16.3 Å². The van der Waals surface area contributed by atoms with Crippen molar-refractivity contribution in [2.75, 3.05) is 5.32 Å². The maximum atomic E-state index is 12.4. The van der Waals surface area contributed by atoms with E-state index in [9.17, 15) is 18.5 Å². The second-order valence-electron chi connectivity index (χ2n) is 5.78. The van der Waals surface area contributed by atoms with Crippen LogP contribution >= 0.6 is 15.9 Å². The van der Waals surface area contributed by atoms with Crippen molar-refractivity contribution in [1.29, 1.82) is 5.26 Å². The molecule has 28 heavy (non-hydrogen) atoms. The molecular weight excluding hydrogens is 446 g/mol. The van der Waals surface area contributed by atoms with E-state index in [1.165, 1.54) is 23.0 Å². The van der Waals surface area contributed by atoms with Crippen LogP contribution in [-0.2, 0) is 10.0 Å². The van der Waals surface area contributed by atoms with Crippen LogP contribution in [0.2, 0.25) is 0 Å². The molecule has 3 rings (SSSR count). The fourth-order valence-electron chi connectivity index (χ4n) is 2.36. The van der Waals surface area contributed by atoms with Gasteiger partial charge >= 0.3 is 6.03 Å². The monoisotopic (exact) mass is 459 g/mol.